The number of nitrogens with zero attached hydrogens (tertiary/aromatic N) is 1. The molecule has 0 bridgehead atoms. The van der Waals surface area contributed by atoms with Crippen molar-refractivity contribution in [1.29, 1.82) is 0 Å². The Bertz CT molecular complexity index is 1660. The van der Waals surface area contributed by atoms with E-state index >= 15 is 0 Å². The van der Waals surface area contributed by atoms with Gasteiger partial charge in [-0.25, -0.2) is 9.18 Å². The van der Waals surface area contributed by atoms with Crippen molar-refractivity contribution < 1.29 is 38.1 Å². The molecule has 4 rings (SSSR count). The summed E-state index contributed by atoms with van der Waals surface area (Å²) in [5, 5.41) is 16.7. The molecule has 0 fully saturated rings. The molecule has 4 aromatic rings. The van der Waals surface area contributed by atoms with Crippen LogP contribution in [0.4, 0.5) is 20.6 Å². The van der Waals surface area contributed by atoms with Crippen LogP contribution >= 0.6 is 0 Å². The molecule has 0 aliphatic carbocycles. The fourth-order valence-corrected chi connectivity index (χ4v) is 4.24. The van der Waals surface area contributed by atoms with Gasteiger partial charge in [0.25, 0.3) is 5.91 Å². The van der Waals surface area contributed by atoms with Gasteiger partial charge in [-0.1, -0.05) is 6.07 Å². The number of pyridine rings is 1. The van der Waals surface area contributed by atoms with E-state index in [1.807, 2.05) is 0 Å². The number of amides is 3. The summed E-state index contributed by atoms with van der Waals surface area (Å²) in [5.74, 6) is -1.34. The molecule has 0 spiro atoms. The minimum atomic E-state index is -1.50. The molecule has 0 saturated heterocycles. The molecule has 1 unspecified atom stereocenters. The number of rotatable bonds is 13. The molecule has 13 heteroatoms. The Morgan fingerprint density at radius 2 is 1.82 bits per heavy atom. The number of aromatic amines is 1. The summed E-state index contributed by atoms with van der Waals surface area (Å²) in [6.07, 6.45) is 2.98. The molecule has 0 aliphatic rings. The third kappa shape index (κ3) is 8.26. The number of carboxylic acid groups (broad SMARTS) is 1. The van der Waals surface area contributed by atoms with Crippen LogP contribution in [0.15, 0.2) is 73.1 Å². The molecule has 2 heterocycles. The molecule has 0 saturated carbocycles. The van der Waals surface area contributed by atoms with Gasteiger partial charge in [0.15, 0.2) is 0 Å². The molecule has 2 aromatic carbocycles. The monoisotopic (exact) mass is 603 g/mol. The number of anilines is 2. The number of benzene rings is 2. The lowest BCUT2D eigenvalue weighted by Crippen LogP contribution is -2.53. The summed E-state index contributed by atoms with van der Waals surface area (Å²) in [6, 6.07) is 15.2. The number of aryl methyl sites for hydroxylation is 1. The standard InChI is InChI=1S/C31H30FN5O7/c1-19-3-8-24(32)25(13-19)36-30(42)35-21-4-6-22(7-5-21)44-23-10-12-33-27(15-23)26-14-20(16-34-26)29(41)37-31(17-38,18-43-2)11-9-28(39)40/h3-8,10,12-17,34H,9,11,18H2,1-2H3,(H,37,41)(H,39,40)(H2,35,36,42). The van der Waals surface area contributed by atoms with Crippen LogP contribution in [-0.2, 0) is 14.3 Å². The normalized spacial score (nSPS) is 12.1. The quantitative estimate of drug-likeness (QED) is 0.131. The van der Waals surface area contributed by atoms with E-state index in [0.717, 1.165) is 5.56 Å². The molecule has 44 heavy (non-hydrogen) atoms. The van der Waals surface area contributed by atoms with Crippen LogP contribution in [-0.4, -0.2) is 58.5 Å². The largest absolute Gasteiger partial charge is 0.481 e. The summed E-state index contributed by atoms with van der Waals surface area (Å²) in [4.78, 5) is 55.4. The van der Waals surface area contributed by atoms with Gasteiger partial charge in [-0.3, -0.25) is 14.6 Å². The first-order chi connectivity index (χ1) is 21.1. The van der Waals surface area contributed by atoms with Crippen LogP contribution in [0.3, 0.4) is 0 Å². The van der Waals surface area contributed by atoms with Gasteiger partial charge in [-0.15, -0.1) is 0 Å². The highest BCUT2D eigenvalue weighted by Crippen LogP contribution is 2.27. The van der Waals surface area contributed by atoms with Gasteiger partial charge in [-0.2, -0.15) is 0 Å². The number of aromatic nitrogens is 2. The van der Waals surface area contributed by atoms with E-state index in [1.54, 1.807) is 49.4 Å². The molecule has 0 aliphatic heterocycles. The Morgan fingerprint density at radius 1 is 1.05 bits per heavy atom. The number of hydrogen-bond acceptors (Lipinski definition) is 7. The van der Waals surface area contributed by atoms with E-state index in [1.165, 1.54) is 37.7 Å². The topological polar surface area (TPSA) is 172 Å². The minimum Gasteiger partial charge on any atom is -0.481 e. The third-order valence-corrected chi connectivity index (χ3v) is 6.45. The molecule has 12 nitrogen and oxygen atoms in total. The second-order valence-electron chi connectivity index (χ2n) is 9.92. The number of carbonyl (C=O) groups excluding carboxylic acids is 3. The SMILES string of the molecule is COCC(C=O)(CCC(=O)O)NC(=O)c1c[nH]c(-c2cc(Oc3ccc(NC(=O)Nc4cc(C)ccc4F)cc3)ccn2)c1. The van der Waals surface area contributed by atoms with Crippen LogP contribution < -0.4 is 20.7 Å². The lowest BCUT2D eigenvalue weighted by Gasteiger charge is -2.27. The summed E-state index contributed by atoms with van der Waals surface area (Å²) in [6.45, 7) is 1.60. The van der Waals surface area contributed by atoms with Crippen molar-refractivity contribution in [2.75, 3.05) is 24.4 Å². The third-order valence-electron chi connectivity index (χ3n) is 6.45. The van der Waals surface area contributed by atoms with Crippen LogP contribution in [0, 0.1) is 12.7 Å². The maximum Gasteiger partial charge on any atom is 0.323 e. The van der Waals surface area contributed by atoms with Gasteiger partial charge in [0.05, 0.1) is 29.2 Å². The van der Waals surface area contributed by atoms with Gasteiger partial charge in [0.2, 0.25) is 0 Å². The number of halogens is 1. The van der Waals surface area contributed by atoms with Gasteiger partial charge in [-0.05, 0) is 67.4 Å². The number of nitrogens with one attached hydrogen (secondary N) is 4. The van der Waals surface area contributed by atoms with Crippen molar-refractivity contribution in [3.05, 3.63) is 90.0 Å². The van der Waals surface area contributed by atoms with E-state index in [4.69, 9.17) is 14.6 Å². The minimum absolute atomic E-state index is 0.0710. The number of aliphatic carboxylic acids is 1. The molecular formula is C31H30FN5O7. The first-order valence-electron chi connectivity index (χ1n) is 13.4. The van der Waals surface area contributed by atoms with Gasteiger partial charge < -0.3 is 40.3 Å². The smallest absolute Gasteiger partial charge is 0.323 e. The second kappa shape index (κ2) is 14.1. The summed E-state index contributed by atoms with van der Waals surface area (Å²) >= 11 is 0. The predicted molar refractivity (Wildman–Crippen MR) is 159 cm³/mol. The Balaban J connectivity index is 1.39. The number of urea groups is 1. The van der Waals surface area contributed by atoms with E-state index in [0.29, 0.717) is 34.9 Å². The highest BCUT2D eigenvalue weighted by Gasteiger charge is 2.33. The number of hydrogen-bond donors (Lipinski definition) is 5. The number of methoxy groups -OCH3 is 1. The molecule has 1 atom stereocenters. The number of carboxylic acids is 1. The highest BCUT2D eigenvalue weighted by atomic mass is 19.1. The highest BCUT2D eigenvalue weighted by molar-refractivity contribution is 6.00. The van der Waals surface area contributed by atoms with Crippen LogP contribution in [0.2, 0.25) is 0 Å². The number of ether oxygens (including phenoxy) is 2. The van der Waals surface area contributed by atoms with Gasteiger partial charge in [0.1, 0.15) is 29.1 Å². The lowest BCUT2D eigenvalue weighted by molar-refractivity contribution is -0.137. The maximum atomic E-state index is 13.9. The molecule has 5 N–H and O–H groups in total. The fraction of sp³-hybridized carbons (Fsp3) is 0.194. The van der Waals surface area contributed by atoms with Crippen LogP contribution in [0.1, 0.15) is 28.8 Å². The second-order valence-corrected chi connectivity index (χ2v) is 9.92. The first-order valence-corrected chi connectivity index (χ1v) is 13.4. The Labute approximate surface area is 251 Å². The van der Waals surface area contributed by atoms with Crippen molar-refractivity contribution in [3.63, 3.8) is 0 Å². The van der Waals surface area contributed by atoms with E-state index in [-0.39, 0.29) is 30.7 Å². The Morgan fingerprint density at radius 3 is 2.52 bits per heavy atom. The zero-order chi connectivity index (χ0) is 31.7. The van der Waals surface area contributed by atoms with Crippen molar-refractivity contribution in [2.24, 2.45) is 0 Å². The molecule has 0 radical (unpaired) electrons. The number of carbonyl (C=O) groups is 4. The molecule has 228 valence electrons. The Hall–Kier alpha value is -5.56. The van der Waals surface area contributed by atoms with E-state index < -0.39 is 29.3 Å². The lowest BCUT2D eigenvalue weighted by atomic mass is 9.95. The average molecular weight is 604 g/mol. The maximum absolute atomic E-state index is 13.9. The molecule has 2 aromatic heterocycles. The summed E-state index contributed by atoms with van der Waals surface area (Å²) in [7, 11) is 1.35. The molecule has 3 amide bonds. The summed E-state index contributed by atoms with van der Waals surface area (Å²) in [5.41, 5.74) is 0.988. The van der Waals surface area contributed by atoms with Gasteiger partial charge in [0, 0.05) is 37.7 Å². The number of aldehydes is 1. The van der Waals surface area contributed by atoms with Crippen molar-refractivity contribution >= 4 is 35.6 Å². The number of H-pyrrole nitrogens is 1. The Kier molecular flexibility index (Phi) is 10.0. The van der Waals surface area contributed by atoms with Crippen molar-refractivity contribution in [2.45, 2.75) is 25.3 Å². The predicted octanol–water partition coefficient (Wildman–Crippen LogP) is 5.14. The average Bonchev–Trinajstić information content (AvgIpc) is 3.50. The van der Waals surface area contributed by atoms with Crippen LogP contribution in [0.25, 0.3) is 11.4 Å². The fourth-order valence-electron chi connectivity index (χ4n) is 4.24. The summed E-state index contributed by atoms with van der Waals surface area (Å²) < 4.78 is 24.9. The van der Waals surface area contributed by atoms with Crippen molar-refractivity contribution in [3.8, 4) is 22.9 Å². The van der Waals surface area contributed by atoms with Crippen molar-refractivity contribution in [1.82, 2.24) is 15.3 Å². The van der Waals surface area contributed by atoms with E-state index in [2.05, 4.69) is 25.9 Å². The van der Waals surface area contributed by atoms with Crippen LogP contribution in [0.5, 0.6) is 11.5 Å². The zero-order valence-corrected chi connectivity index (χ0v) is 23.8. The zero-order valence-electron chi connectivity index (χ0n) is 23.8. The van der Waals surface area contributed by atoms with Gasteiger partial charge >= 0.3 is 12.0 Å². The van der Waals surface area contributed by atoms with E-state index in [9.17, 15) is 23.6 Å². The molecular weight excluding hydrogens is 573 g/mol. The first kappa shape index (κ1) is 31.4.